The van der Waals surface area contributed by atoms with Crippen LogP contribution in [0.4, 0.5) is 5.69 Å². The van der Waals surface area contributed by atoms with Gasteiger partial charge in [-0.2, -0.15) is 0 Å². The van der Waals surface area contributed by atoms with E-state index >= 15 is 0 Å². The number of amides is 1. The zero-order valence-corrected chi connectivity index (χ0v) is 15.4. The number of benzene rings is 2. The lowest BCUT2D eigenvalue weighted by molar-refractivity contribution is 0.0707. The molecule has 140 valence electrons. The van der Waals surface area contributed by atoms with Gasteiger partial charge in [-0.05, 0) is 42.0 Å². The number of pyridine rings is 1. The minimum absolute atomic E-state index is 0.0148. The molecule has 4 rings (SSSR count). The predicted molar refractivity (Wildman–Crippen MR) is 109 cm³/mol. The number of hydrogen-bond acceptors (Lipinski definition) is 4. The molecule has 2 aromatic carbocycles. The second kappa shape index (κ2) is 7.96. The van der Waals surface area contributed by atoms with E-state index in [2.05, 4.69) is 16.9 Å². The number of hydrogen-bond donors (Lipinski definition) is 1. The van der Waals surface area contributed by atoms with Gasteiger partial charge >= 0.3 is 0 Å². The molecule has 5 nitrogen and oxygen atoms in total. The van der Waals surface area contributed by atoms with Crippen LogP contribution in [0.2, 0.25) is 0 Å². The topological polar surface area (TPSA) is 54.5 Å². The minimum Gasteiger partial charge on any atom is -0.487 e. The first-order valence-corrected chi connectivity index (χ1v) is 9.16. The zero-order valence-electron chi connectivity index (χ0n) is 15.4. The van der Waals surface area contributed by atoms with Gasteiger partial charge in [-0.15, -0.1) is 6.58 Å². The van der Waals surface area contributed by atoms with Crippen molar-refractivity contribution in [3.05, 3.63) is 102 Å². The molecule has 1 amide bonds. The first-order chi connectivity index (χ1) is 13.8. The molecule has 1 N–H and O–H groups in total. The van der Waals surface area contributed by atoms with E-state index < -0.39 is 0 Å². The van der Waals surface area contributed by atoms with Gasteiger partial charge in [-0.25, -0.2) is 0 Å². The SMILES string of the molecule is C=CCN1C(=O)c2ccccc2N[C@@H]1c1cccc(OCc2ccccn2)c1. The number of carbonyl (C=O) groups is 1. The molecule has 2 heterocycles. The fourth-order valence-electron chi connectivity index (χ4n) is 3.30. The molecule has 0 bridgehead atoms. The van der Waals surface area contributed by atoms with Crippen LogP contribution in [0.25, 0.3) is 0 Å². The van der Waals surface area contributed by atoms with Gasteiger partial charge in [0.05, 0.1) is 11.3 Å². The third kappa shape index (κ3) is 3.60. The summed E-state index contributed by atoms with van der Waals surface area (Å²) in [6.45, 7) is 4.64. The highest BCUT2D eigenvalue weighted by Gasteiger charge is 2.32. The Morgan fingerprint density at radius 1 is 1.11 bits per heavy atom. The summed E-state index contributed by atoms with van der Waals surface area (Å²) in [5, 5.41) is 3.47. The van der Waals surface area contributed by atoms with Crippen molar-refractivity contribution >= 4 is 11.6 Å². The zero-order chi connectivity index (χ0) is 19.3. The van der Waals surface area contributed by atoms with Crippen LogP contribution in [-0.2, 0) is 6.61 Å². The van der Waals surface area contributed by atoms with Crippen molar-refractivity contribution in [2.24, 2.45) is 0 Å². The molecular formula is C23H21N3O2. The molecule has 0 saturated carbocycles. The van der Waals surface area contributed by atoms with Crippen molar-refractivity contribution in [2.75, 3.05) is 11.9 Å². The Morgan fingerprint density at radius 2 is 1.96 bits per heavy atom. The van der Waals surface area contributed by atoms with Crippen molar-refractivity contribution in [1.29, 1.82) is 0 Å². The summed E-state index contributed by atoms with van der Waals surface area (Å²) in [6, 6.07) is 21.1. The normalized spacial score (nSPS) is 15.5. The average Bonchev–Trinajstić information content (AvgIpc) is 2.75. The van der Waals surface area contributed by atoms with E-state index in [9.17, 15) is 4.79 Å². The number of nitrogens with one attached hydrogen (secondary N) is 1. The minimum atomic E-state index is -0.293. The van der Waals surface area contributed by atoms with Crippen LogP contribution in [0.15, 0.2) is 85.6 Å². The summed E-state index contributed by atoms with van der Waals surface area (Å²) in [4.78, 5) is 19.0. The predicted octanol–water partition coefficient (Wildman–Crippen LogP) is 4.41. The first kappa shape index (κ1) is 17.8. The van der Waals surface area contributed by atoms with E-state index in [1.54, 1.807) is 17.2 Å². The van der Waals surface area contributed by atoms with Crippen LogP contribution in [0, 0.1) is 0 Å². The lowest BCUT2D eigenvalue weighted by Gasteiger charge is -2.37. The molecule has 1 aliphatic rings. The van der Waals surface area contributed by atoms with Crippen molar-refractivity contribution < 1.29 is 9.53 Å². The molecule has 3 aromatic rings. The fourth-order valence-corrected chi connectivity index (χ4v) is 3.30. The molecule has 0 saturated heterocycles. The Hall–Kier alpha value is -3.60. The molecule has 0 spiro atoms. The summed E-state index contributed by atoms with van der Waals surface area (Å²) in [5.41, 5.74) is 3.31. The van der Waals surface area contributed by atoms with E-state index in [0.717, 1.165) is 22.7 Å². The summed E-state index contributed by atoms with van der Waals surface area (Å²) < 4.78 is 5.90. The van der Waals surface area contributed by atoms with E-state index in [1.165, 1.54) is 0 Å². The molecule has 28 heavy (non-hydrogen) atoms. The smallest absolute Gasteiger partial charge is 0.258 e. The van der Waals surface area contributed by atoms with Crippen LogP contribution in [0.5, 0.6) is 5.75 Å². The fraction of sp³-hybridized carbons (Fsp3) is 0.130. The molecule has 5 heteroatoms. The number of anilines is 1. The Balaban J connectivity index is 1.60. The van der Waals surface area contributed by atoms with Crippen molar-refractivity contribution in [1.82, 2.24) is 9.88 Å². The maximum absolute atomic E-state index is 13.0. The van der Waals surface area contributed by atoms with E-state index in [-0.39, 0.29) is 12.1 Å². The highest BCUT2D eigenvalue weighted by atomic mass is 16.5. The number of nitrogens with zero attached hydrogens (tertiary/aromatic N) is 2. The van der Waals surface area contributed by atoms with Crippen LogP contribution < -0.4 is 10.1 Å². The maximum atomic E-state index is 13.0. The molecule has 0 fully saturated rings. The molecule has 0 unspecified atom stereocenters. The third-order valence-corrected chi connectivity index (χ3v) is 4.63. The number of ether oxygens (including phenoxy) is 1. The molecule has 1 aliphatic heterocycles. The lowest BCUT2D eigenvalue weighted by atomic mass is 10.0. The third-order valence-electron chi connectivity index (χ3n) is 4.63. The van der Waals surface area contributed by atoms with Gasteiger partial charge in [0, 0.05) is 18.4 Å². The summed E-state index contributed by atoms with van der Waals surface area (Å²) >= 11 is 0. The largest absolute Gasteiger partial charge is 0.487 e. The summed E-state index contributed by atoms with van der Waals surface area (Å²) in [6.07, 6.45) is 3.19. The van der Waals surface area contributed by atoms with Gasteiger partial charge in [0.15, 0.2) is 0 Å². The van der Waals surface area contributed by atoms with Crippen molar-refractivity contribution in [2.45, 2.75) is 12.8 Å². The van der Waals surface area contributed by atoms with Gasteiger partial charge in [-0.3, -0.25) is 9.78 Å². The van der Waals surface area contributed by atoms with Crippen molar-refractivity contribution in [3.63, 3.8) is 0 Å². The Labute approximate surface area is 164 Å². The van der Waals surface area contributed by atoms with E-state index in [4.69, 9.17) is 4.74 Å². The molecule has 1 atom stereocenters. The van der Waals surface area contributed by atoms with Crippen LogP contribution >= 0.6 is 0 Å². The molecule has 0 aliphatic carbocycles. The number of fused-ring (bicyclic) bond motifs is 1. The van der Waals surface area contributed by atoms with Crippen LogP contribution in [-0.4, -0.2) is 22.3 Å². The van der Waals surface area contributed by atoms with Crippen LogP contribution in [0.3, 0.4) is 0 Å². The molecule has 0 radical (unpaired) electrons. The number of aromatic nitrogens is 1. The lowest BCUT2D eigenvalue weighted by Crippen LogP contribution is -2.42. The Kier molecular flexibility index (Phi) is 5.06. The second-order valence-corrected chi connectivity index (χ2v) is 6.52. The van der Waals surface area contributed by atoms with Gasteiger partial charge < -0.3 is 15.0 Å². The maximum Gasteiger partial charge on any atom is 0.258 e. The number of para-hydroxylation sites is 1. The monoisotopic (exact) mass is 371 g/mol. The Bertz CT molecular complexity index is 988. The Morgan fingerprint density at radius 3 is 2.79 bits per heavy atom. The highest BCUT2D eigenvalue weighted by molar-refractivity contribution is 6.01. The highest BCUT2D eigenvalue weighted by Crippen LogP contribution is 2.34. The van der Waals surface area contributed by atoms with Gasteiger partial charge in [-0.1, -0.05) is 36.4 Å². The van der Waals surface area contributed by atoms with E-state index in [0.29, 0.717) is 18.7 Å². The quantitative estimate of drug-likeness (QED) is 0.652. The standard InChI is InChI=1S/C23H21N3O2/c1-2-14-26-22(25-21-12-4-3-11-20(21)23(26)27)17-8-7-10-19(15-17)28-16-18-9-5-6-13-24-18/h2-13,15,22,25H,1,14,16H2/t22-/m0/s1. The number of carbonyl (C=O) groups excluding carboxylic acids is 1. The van der Waals surface area contributed by atoms with E-state index in [1.807, 2.05) is 66.7 Å². The molecule has 1 aromatic heterocycles. The average molecular weight is 371 g/mol. The second-order valence-electron chi connectivity index (χ2n) is 6.52. The first-order valence-electron chi connectivity index (χ1n) is 9.16. The van der Waals surface area contributed by atoms with Crippen LogP contribution in [0.1, 0.15) is 27.8 Å². The number of rotatable bonds is 6. The van der Waals surface area contributed by atoms with Gasteiger partial charge in [0.2, 0.25) is 0 Å². The van der Waals surface area contributed by atoms with Crippen molar-refractivity contribution in [3.8, 4) is 5.75 Å². The summed E-state index contributed by atoms with van der Waals surface area (Å²) in [7, 11) is 0. The molecular weight excluding hydrogens is 350 g/mol. The van der Waals surface area contributed by atoms with Gasteiger partial charge in [0.25, 0.3) is 5.91 Å². The summed E-state index contributed by atoms with van der Waals surface area (Å²) in [5.74, 6) is 0.717. The van der Waals surface area contributed by atoms with Gasteiger partial charge in [0.1, 0.15) is 18.5 Å².